The van der Waals surface area contributed by atoms with Crippen LogP contribution in [0.5, 0.6) is 5.75 Å². The maximum Gasteiger partial charge on any atom is 0.191 e. The average Bonchev–Trinajstić information content (AvgIpc) is 3.05. The van der Waals surface area contributed by atoms with Crippen LogP contribution in [0.15, 0.2) is 53.7 Å². The third-order valence-corrected chi connectivity index (χ3v) is 3.75. The number of benzene rings is 1. The van der Waals surface area contributed by atoms with E-state index in [0.29, 0.717) is 19.0 Å². The van der Waals surface area contributed by atoms with Crippen LogP contribution >= 0.6 is 24.0 Å². The van der Waals surface area contributed by atoms with E-state index in [4.69, 9.17) is 4.74 Å². The number of nitrogens with zero attached hydrogens (tertiary/aromatic N) is 4. The molecule has 8 heteroatoms. The Balaban J connectivity index is 0.00000261. The molecular formula is C19H25IN6O. The number of hydrogen-bond acceptors (Lipinski definition) is 4. The predicted octanol–water partition coefficient (Wildman–Crippen LogP) is 3.00. The van der Waals surface area contributed by atoms with E-state index >= 15 is 0 Å². The topological polar surface area (TPSA) is 75.8 Å². The van der Waals surface area contributed by atoms with Crippen molar-refractivity contribution in [3.63, 3.8) is 0 Å². The molecule has 0 amide bonds. The third-order valence-electron chi connectivity index (χ3n) is 3.75. The summed E-state index contributed by atoms with van der Waals surface area (Å²) in [5, 5.41) is 14.9. The van der Waals surface area contributed by atoms with Gasteiger partial charge in [-0.2, -0.15) is 0 Å². The standard InChI is InChI=1S/C19H24N6O.HI/c1-14(2)26-16-8-6-7-15(11-16)12-21-19(20-3)22-13-18-24-23-17-9-4-5-10-25(17)18;/h4-11,14H,12-13H2,1-3H3,(H2,20,21,22);1H. The van der Waals surface area contributed by atoms with Gasteiger partial charge in [0.25, 0.3) is 0 Å². The van der Waals surface area contributed by atoms with E-state index in [-0.39, 0.29) is 30.1 Å². The Hall–Kier alpha value is -2.36. The number of nitrogens with one attached hydrogen (secondary N) is 2. The fourth-order valence-electron chi connectivity index (χ4n) is 2.58. The molecule has 7 nitrogen and oxygen atoms in total. The second-order valence-corrected chi connectivity index (χ2v) is 6.14. The fourth-order valence-corrected chi connectivity index (χ4v) is 2.58. The molecule has 0 fully saturated rings. The number of pyridine rings is 1. The first kappa shape index (κ1) is 20.9. The lowest BCUT2D eigenvalue weighted by molar-refractivity contribution is 0.242. The van der Waals surface area contributed by atoms with E-state index in [1.807, 2.05) is 60.8 Å². The Morgan fingerprint density at radius 2 is 1.93 bits per heavy atom. The molecule has 0 atom stereocenters. The van der Waals surface area contributed by atoms with Crippen molar-refractivity contribution in [3.05, 3.63) is 60.0 Å². The van der Waals surface area contributed by atoms with Crippen LogP contribution in [0.3, 0.4) is 0 Å². The normalized spacial score (nSPS) is 11.3. The minimum atomic E-state index is 0. The highest BCUT2D eigenvalue weighted by molar-refractivity contribution is 14.0. The zero-order valence-corrected chi connectivity index (χ0v) is 18.0. The summed E-state index contributed by atoms with van der Waals surface area (Å²) < 4.78 is 7.69. The average molecular weight is 480 g/mol. The van der Waals surface area contributed by atoms with Crippen molar-refractivity contribution in [3.8, 4) is 5.75 Å². The van der Waals surface area contributed by atoms with Crippen LogP contribution in [0.25, 0.3) is 5.65 Å². The van der Waals surface area contributed by atoms with Gasteiger partial charge in [-0.3, -0.25) is 9.39 Å². The molecule has 1 aromatic carbocycles. The smallest absolute Gasteiger partial charge is 0.191 e. The number of fused-ring (bicyclic) bond motifs is 1. The molecule has 0 radical (unpaired) electrons. The van der Waals surface area contributed by atoms with Crippen molar-refractivity contribution in [1.82, 2.24) is 25.2 Å². The fraction of sp³-hybridized carbons (Fsp3) is 0.316. The molecule has 0 saturated carbocycles. The van der Waals surface area contributed by atoms with Crippen LogP contribution in [0.4, 0.5) is 0 Å². The number of aromatic nitrogens is 3. The first-order valence-corrected chi connectivity index (χ1v) is 8.64. The highest BCUT2D eigenvalue weighted by Gasteiger charge is 2.06. The second kappa shape index (κ2) is 10.1. The molecule has 0 aliphatic carbocycles. The van der Waals surface area contributed by atoms with Gasteiger partial charge in [-0.15, -0.1) is 34.2 Å². The Kier molecular flexibility index (Phi) is 7.83. The van der Waals surface area contributed by atoms with E-state index in [0.717, 1.165) is 22.8 Å². The molecule has 144 valence electrons. The highest BCUT2D eigenvalue weighted by atomic mass is 127. The maximum absolute atomic E-state index is 5.73. The molecule has 3 rings (SSSR count). The van der Waals surface area contributed by atoms with Crippen molar-refractivity contribution in [2.45, 2.75) is 33.0 Å². The van der Waals surface area contributed by atoms with E-state index in [2.05, 4.69) is 31.9 Å². The lowest BCUT2D eigenvalue weighted by atomic mass is 10.2. The SMILES string of the molecule is CN=C(NCc1cccc(OC(C)C)c1)NCc1nnc2ccccn12.I. The summed E-state index contributed by atoms with van der Waals surface area (Å²) in [6.45, 7) is 5.21. The lowest BCUT2D eigenvalue weighted by Crippen LogP contribution is -2.36. The molecule has 2 N–H and O–H groups in total. The van der Waals surface area contributed by atoms with E-state index in [1.165, 1.54) is 0 Å². The molecule has 0 aliphatic heterocycles. The van der Waals surface area contributed by atoms with Gasteiger partial charge in [0.1, 0.15) is 5.75 Å². The number of rotatable bonds is 6. The molecular weight excluding hydrogens is 455 g/mol. The van der Waals surface area contributed by atoms with Crippen molar-refractivity contribution < 1.29 is 4.74 Å². The van der Waals surface area contributed by atoms with E-state index < -0.39 is 0 Å². The quantitative estimate of drug-likeness (QED) is 0.323. The number of halogens is 1. The van der Waals surface area contributed by atoms with Crippen LogP contribution in [0.2, 0.25) is 0 Å². The van der Waals surface area contributed by atoms with Gasteiger partial charge in [0.05, 0.1) is 12.6 Å². The molecule has 0 spiro atoms. The van der Waals surface area contributed by atoms with E-state index in [9.17, 15) is 0 Å². The van der Waals surface area contributed by atoms with Crippen LogP contribution in [-0.4, -0.2) is 33.7 Å². The van der Waals surface area contributed by atoms with Crippen molar-refractivity contribution >= 4 is 35.6 Å². The molecule has 27 heavy (non-hydrogen) atoms. The van der Waals surface area contributed by atoms with Gasteiger partial charge in [0, 0.05) is 19.8 Å². The Morgan fingerprint density at radius 3 is 2.70 bits per heavy atom. The molecule has 2 heterocycles. The van der Waals surface area contributed by atoms with Gasteiger partial charge in [-0.1, -0.05) is 18.2 Å². The first-order valence-electron chi connectivity index (χ1n) is 8.64. The lowest BCUT2D eigenvalue weighted by Gasteiger charge is -2.13. The number of hydrogen-bond donors (Lipinski definition) is 2. The molecule has 0 saturated heterocycles. The van der Waals surface area contributed by atoms with Crippen LogP contribution in [0, 0.1) is 0 Å². The largest absolute Gasteiger partial charge is 0.491 e. The maximum atomic E-state index is 5.73. The molecule has 0 unspecified atom stereocenters. The summed E-state index contributed by atoms with van der Waals surface area (Å²) >= 11 is 0. The molecule has 0 bridgehead atoms. The predicted molar refractivity (Wildman–Crippen MR) is 118 cm³/mol. The third kappa shape index (κ3) is 5.81. The Morgan fingerprint density at radius 1 is 1.11 bits per heavy atom. The highest BCUT2D eigenvalue weighted by Crippen LogP contribution is 2.14. The first-order chi connectivity index (χ1) is 12.7. The van der Waals surface area contributed by atoms with Crippen molar-refractivity contribution in [2.24, 2.45) is 4.99 Å². The summed E-state index contributed by atoms with van der Waals surface area (Å²) in [4.78, 5) is 4.26. The van der Waals surface area contributed by atoms with Gasteiger partial charge in [0.2, 0.25) is 0 Å². The zero-order chi connectivity index (χ0) is 18.4. The number of ether oxygens (including phenoxy) is 1. The van der Waals surface area contributed by atoms with Crippen LogP contribution in [-0.2, 0) is 13.1 Å². The van der Waals surface area contributed by atoms with Gasteiger partial charge in [-0.25, -0.2) is 0 Å². The van der Waals surface area contributed by atoms with Gasteiger partial charge in [-0.05, 0) is 43.7 Å². The van der Waals surface area contributed by atoms with Crippen LogP contribution < -0.4 is 15.4 Å². The number of guanidine groups is 1. The number of aliphatic imine (C=N–C) groups is 1. The Bertz CT molecular complexity index is 893. The zero-order valence-electron chi connectivity index (χ0n) is 15.7. The van der Waals surface area contributed by atoms with E-state index in [1.54, 1.807) is 7.05 Å². The van der Waals surface area contributed by atoms with Gasteiger partial charge in [0.15, 0.2) is 17.4 Å². The summed E-state index contributed by atoms with van der Waals surface area (Å²) in [5.41, 5.74) is 1.95. The molecule has 0 aliphatic rings. The molecule has 2 aromatic heterocycles. The molecule has 3 aromatic rings. The van der Waals surface area contributed by atoms with Gasteiger partial charge >= 0.3 is 0 Å². The minimum Gasteiger partial charge on any atom is -0.491 e. The van der Waals surface area contributed by atoms with Crippen molar-refractivity contribution in [1.29, 1.82) is 0 Å². The Labute approximate surface area is 176 Å². The van der Waals surface area contributed by atoms with Crippen LogP contribution in [0.1, 0.15) is 25.2 Å². The summed E-state index contributed by atoms with van der Waals surface area (Å²) in [5.74, 6) is 2.40. The van der Waals surface area contributed by atoms with Crippen molar-refractivity contribution in [2.75, 3.05) is 7.05 Å². The summed E-state index contributed by atoms with van der Waals surface area (Å²) in [7, 11) is 1.75. The minimum absolute atomic E-state index is 0. The summed E-state index contributed by atoms with van der Waals surface area (Å²) in [6.07, 6.45) is 2.11. The monoisotopic (exact) mass is 480 g/mol. The van der Waals surface area contributed by atoms with Gasteiger partial charge < -0.3 is 15.4 Å². The second-order valence-electron chi connectivity index (χ2n) is 6.14. The summed E-state index contributed by atoms with van der Waals surface area (Å²) in [6, 6.07) is 13.9.